The molecule has 17 heavy (non-hydrogen) atoms. The van der Waals surface area contributed by atoms with Crippen molar-refractivity contribution < 1.29 is 18.3 Å². The third-order valence-electron chi connectivity index (χ3n) is 2.40. The molecule has 0 heterocycles. The smallest absolute Gasteiger partial charge is 0.321 e. The van der Waals surface area contributed by atoms with Crippen LogP contribution < -0.4 is 5.73 Å². The zero-order chi connectivity index (χ0) is 13.7. The van der Waals surface area contributed by atoms with E-state index in [1.165, 1.54) is 11.8 Å². The van der Waals surface area contributed by atoms with Gasteiger partial charge >= 0.3 is 5.97 Å². The molecule has 102 valence electrons. The summed E-state index contributed by atoms with van der Waals surface area (Å²) in [6.07, 6.45) is 0.602. The Morgan fingerprint density at radius 3 is 2.35 bits per heavy atom. The predicted molar refractivity (Wildman–Crippen MR) is 71.1 cm³/mol. The number of carboxylic acid groups (broad SMARTS) is 1. The summed E-state index contributed by atoms with van der Waals surface area (Å²) in [6.45, 7) is 5.24. The second kappa shape index (κ2) is 6.61. The summed E-state index contributed by atoms with van der Waals surface area (Å²) in [6, 6.07) is -0.999. The van der Waals surface area contributed by atoms with Crippen LogP contribution in [0.5, 0.6) is 0 Å². The van der Waals surface area contributed by atoms with Crippen molar-refractivity contribution in [2.24, 2.45) is 5.73 Å². The second-order valence-corrected chi connectivity index (χ2v) is 8.47. The molecule has 0 aliphatic carbocycles. The molecular formula is C10H21NO4S2. The second-order valence-electron chi connectivity index (χ2n) is 4.42. The summed E-state index contributed by atoms with van der Waals surface area (Å²) in [5.74, 6) is -0.449. The van der Waals surface area contributed by atoms with Crippen molar-refractivity contribution in [3.8, 4) is 0 Å². The molecule has 0 saturated carbocycles. The van der Waals surface area contributed by atoms with E-state index in [-0.39, 0.29) is 11.5 Å². The van der Waals surface area contributed by atoms with Crippen LogP contribution in [0.1, 0.15) is 27.2 Å². The standard InChI is InChI=1S/C10H21NO4S2/c1-4-6-17(14,15)7-5-16-10(2,3)8(11)9(12)13/h8H,4-7,11H2,1-3H3,(H,12,13)/t8-/m1/s1. The molecule has 0 unspecified atom stereocenters. The van der Waals surface area contributed by atoms with Gasteiger partial charge in [0.15, 0.2) is 9.84 Å². The van der Waals surface area contributed by atoms with Gasteiger partial charge in [-0.2, -0.15) is 11.8 Å². The number of carboxylic acids is 1. The van der Waals surface area contributed by atoms with Crippen molar-refractivity contribution >= 4 is 27.6 Å². The van der Waals surface area contributed by atoms with Gasteiger partial charge in [0.25, 0.3) is 0 Å². The van der Waals surface area contributed by atoms with Gasteiger partial charge in [0.2, 0.25) is 0 Å². The molecule has 0 spiro atoms. The van der Waals surface area contributed by atoms with E-state index >= 15 is 0 Å². The number of sulfone groups is 1. The fourth-order valence-electron chi connectivity index (χ4n) is 1.23. The van der Waals surface area contributed by atoms with E-state index in [0.717, 1.165) is 0 Å². The highest BCUT2D eigenvalue weighted by Crippen LogP contribution is 2.27. The molecule has 0 rings (SSSR count). The molecular weight excluding hydrogens is 262 g/mol. The Balaban J connectivity index is 4.25. The number of rotatable bonds is 8. The van der Waals surface area contributed by atoms with E-state index in [4.69, 9.17) is 10.8 Å². The first-order chi connectivity index (χ1) is 7.62. The first-order valence-electron chi connectivity index (χ1n) is 5.45. The van der Waals surface area contributed by atoms with Gasteiger partial charge in [-0.15, -0.1) is 0 Å². The molecule has 5 nitrogen and oxygen atoms in total. The Morgan fingerprint density at radius 2 is 1.94 bits per heavy atom. The van der Waals surface area contributed by atoms with E-state index in [0.29, 0.717) is 12.2 Å². The largest absolute Gasteiger partial charge is 0.480 e. The quantitative estimate of drug-likeness (QED) is 0.681. The Morgan fingerprint density at radius 1 is 1.41 bits per heavy atom. The van der Waals surface area contributed by atoms with E-state index in [1.807, 2.05) is 6.92 Å². The lowest BCUT2D eigenvalue weighted by molar-refractivity contribution is -0.139. The fourth-order valence-corrected chi connectivity index (χ4v) is 4.21. The first-order valence-corrected chi connectivity index (χ1v) is 8.26. The molecule has 0 aromatic heterocycles. The van der Waals surface area contributed by atoms with Crippen LogP contribution in [0.25, 0.3) is 0 Å². The Bertz CT molecular complexity index is 351. The summed E-state index contributed by atoms with van der Waals surface area (Å²) in [4.78, 5) is 10.8. The Labute approximate surface area is 107 Å². The third-order valence-corrected chi connectivity index (χ3v) is 5.92. The number of nitrogens with two attached hydrogens (primary N) is 1. The molecule has 0 aromatic carbocycles. The summed E-state index contributed by atoms with van der Waals surface area (Å²) in [5.41, 5.74) is 5.53. The van der Waals surface area contributed by atoms with Crippen LogP contribution in [0.4, 0.5) is 0 Å². The number of aliphatic carboxylic acids is 1. The number of thioether (sulfide) groups is 1. The average Bonchev–Trinajstić information content (AvgIpc) is 2.15. The topological polar surface area (TPSA) is 97.5 Å². The van der Waals surface area contributed by atoms with Crippen molar-refractivity contribution in [1.29, 1.82) is 0 Å². The van der Waals surface area contributed by atoms with Crippen LogP contribution in [-0.2, 0) is 14.6 Å². The minimum atomic E-state index is -3.01. The monoisotopic (exact) mass is 283 g/mol. The number of hydrogen-bond acceptors (Lipinski definition) is 5. The number of hydrogen-bond donors (Lipinski definition) is 2. The molecule has 0 fully saturated rings. The number of carbonyl (C=O) groups is 1. The van der Waals surface area contributed by atoms with Gasteiger partial charge in [-0.25, -0.2) is 8.42 Å². The molecule has 0 aliphatic heterocycles. The van der Waals surface area contributed by atoms with Crippen LogP contribution in [-0.4, -0.2) is 47.5 Å². The molecule has 3 N–H and O–H groups in total. The summed E-state index contributed by atoms with van der Waals surface area (Å²) >= 11 is 1.28. The first kappa shape index (κ1) is 16.7. The maximum atomic E-state index is 11.5. The molecule has 0 aromatic rings. The maximum Gasteiger partial charge on any atom is 0.321 e. The van der Waals surface area contributed by atoms with E-state index < -0.39 is 26.6 Å². The highest BCUT2D eigenvalue weighted by molar-refractivity contribution is 8.01. The van der Waals surface area contributed by atoms with Gasteiger partial charge in [-0.1, -0.05) is 6.92 Å². The summed E-state index contributed by atoms with van der Waals surface area (Å²) < 4.78 is 22.2. The van der Waals surface area contributed by atoms with Gasteiger partial charge < -0.3 is 10.8 Å². The predicted octanol–water partition coefficient (Wildman–Crippen LogP) is 0.735. The zero-order valence-corrected chi connectivity index (χ0v) is 12.1. The van der Waals surface area contributed by atoms with Gasteiger partial charge in [-0.3, -0.25) is 4.79 Å². The normalized spacial score (nSPS) is 14.6. The molecule has 0 saturated heterocycles. The zero-order valence-electron chi connectivity index (χ0n) is 10.5. The summed E-state index contributed by atoms with van der Waals surface area (Å²) in [7, 11) is -3.01. The fraction of sp³-hybridized carbons (Fsp3) is 0.900. The molecule has 0 radical (unpaired) electrons. The van der Waals surface area contributed by atoms with Crippen molar-refractivity contribution in [3.63, 3.8) is 0 Å². The third kappa shape index (κ3) is 6.28. The van der Waals surface area contributed by atoms with Crippen LogP contribution >= 0.6 is 11.8 Å². The maximum absolute atomic E-state index is 11.5. The lowest BCUT2D eigenvalue weighted by atomic mass is 10.1. The van der Waals surface area contributed by atoms with Crippen LogP contribution in [0.2, 0.25) is 0 Å². The van der Waals surface area contributed by atoms with Crippen LogP contribution in [0.15, 0.2) is 0 Å². The molecule has 0 aliphatic rings. The van der Waals surface area contributed by atoms with Crippen molar-refractivity contribution in [1.82, 2.24) is 0 Å². The lowest BCUT2D eigenvalue weighted by Gasteiger charge is -2.27. The average molecular weight is 283 g/mol. The van der Waals surface area contributed by atoms with E-state index in [2.05, 4.69) is 0 Å². The molecule has 0 bridgehead atoms. The molecule has 0 amide bonds. The van der Waals surface area contributed by atoms with Crippen molar-refractivity contribution in [3.05, 3.63) is 0 Å². The SMILES string of the molecule is CCCS(=O)(=O)CCSC(C)(C)[C@H](N)C(=O)O. The minimum Gasteiger partial charge on any atom is -0.480 e. The highest BCUT2D eigenvalue weighted by atomic mass is 32.2. The van der Waals surface area contributed by atoms with Crippen LogP contribution in [0, 0.1) is 0 Å². The Hall–Kier alpha value is -0.270. The molecule has 7 heteroatoms. The summed E-state index contributed by atoms with van der Waals surface area (Å²) in [5, 5.41) is 8.80. The Kier molecular flexibility index (Phi) is 6.50. The van der Waals surface area contributed by atoms with Crippen molar-refractivity contribution in [2.45, 2.75) is 38.0 Å². The van der Waals surface area contributed by atoms with Crippen molar-refractivity contribution in [2.75, 3.05) is 17.3 Å². The lowest BCUT2D eigenvalue weighted by Crippen LogP contribution is -2.47. The van der Waals surface area contributed by atoms with Gasteiger partial charge in [0.1, 0.15) is 6.04 Å². The minimum absolute atomic E-state index is 0.0707. The highest BCUT2D eigenvalue weighted by Gasteiger charge is 2.32. The van der Waals surface area contributed by atoms with Crippen LogP contribution in [0.3, 0.4) is 0 Å². The van der Waals surface area contributed by atoms with Gasteiger partial charge in [-0.05, 0) is 20.3 Å². The van der Waals surface area contributed by atoms with Gasteiger partial charge in [0, 0.05) is 16.3 Å². The van der Waals surface area contributed by atoms with Gasteiger partial charge in [0.05, 0.1) is 5.75 Å². The van der Waals surface area contributed by atoms with E-state index in [1.54, 1.807) is 13.8 Å². The van der Waals surface area contributed by atoms with E-state index in [9.17, 15) is 13.2 Å². The molecule has 1 atom stereocenters.